The van der Waals surface area contributed by atoms with E-state index in [0.29, 0.717) is 5.69 Å². The Bertz CT molecular complexity index is 806. The number of halogens is 1. The van der Waals surface area contributed by atoms with Crippen molar-refractivity contribution in [2.75, 3.05) is 23.3 Å². The molecule has 0 spiro atoms. The largest absolute Gasteiger partial charge is 0.357 e. The Labute approximate surface area is 166 Å². The minimum atomic E-state index is -0.676. The van der Waals surface area contributed by atoms with E-state index in [-0.39, 0.29) is 12.3 Å². The van der Waals surface area contributed by atoms with Gasteiger partial charge in [0.1, 0.15) is 5.82 Å². The van der Waals surface area contributed by atoms with E-state index in [2.05, 4.69) is 36.4 Å². The number of nitrogens with zero attached hydrogens (tertiary/aromatic N) is 2. The highest BCUT2D eigenvalue weighted by molar-refractivity contribution is 9.10. The van der Waals surface area contributed by atoms with Crippen molar-refractivity contribution < 1.29 is 9.59 Å². The lowest BCUT2D eigenvalue weighted by molar-refractivity contribution is -0.116. The molecule has 0 aliphatic carbocycles. The first-order valence-electron chi connectivity index (χ1n) is 8.83. The van der Waals surface area contributed by atoms with E-state index in [9.17, 15) is 9.59 Å². The molecule has 1 atom stereocenters. The molecule has 7 nitrogen and oxygen atoms in total. The number of nitrogens with two attached hydrogens (primary N) is 1. The van der Waals surface area contributed by atoms with Crippen molar-refractivity contribution in [2.45, 2.75) is 25.3 Å². The first-order chi connectivity index (χ1) is 13.0. The molecule has 4 N–H and O–H groups in total. The van der Waals surface area contributed by atoms with Crippen molar-refractivity contribution in [3.8, 4) is 0 Å². The second kappa shape index (κ2) is 8.85. The van der Waals surface area contributed by atoms with Gasteiger partial charge < -0.3 is 21.3 Å². The molecule has 1 aliphatic rings. The van der Waals surface area contributed by atoms with Gasteiger partial charge in [-0.15, -0.1) is 0 Å². The van der Waals surface area contributed by atoms with Gasteiger partial charge in [-0.2, -0.15) is 0 Å². The van der Waals surface area contributed by atoms with Crippen LogP contribution in [0.25, 0.3) is 0 Å². The van der Waals surface area contributed by atoms with Crippen LogP contribution in [0.2, 0.25) is 0 Å². The van der Waals surface area contributed by atoms with Crippen molar-refractivity contribution in [1.82, 2.24) is 10.3 Å². The summed E-state index contributed by atoms with van der Waals surface area (Å²) >= 11 is 3.39. The number of benzene rings is 1. The molecule has 0 radical (unpaired) electrons. The molecular weight excluding hydrogens is 410 g/mol. The van der Waals surface area contributed by atoms with Crippen LogP contribution in [-0.2, 0) is 4.79 Å². The van der Waals surface area contributed by atoms with Gasteiger partial charge in [-0.3, -0.25) is 4.79 Å². The van der Waals surface area contributed by atoms with Crippen molar-refractivity contribution in [3.63, 3.8) is 0 Å². The monoisotopic (exact) mass is 431 g/mol. The van der Waals surface area contributed by atoms with E-state index < -0.39 is 12.1 Å². The van der Waals surface area contributed by atoms with Gasteiger partial charge in [0.05, 0.1) is 24.3 Å². The number of primary amides is 1. The number of rotatable bonds is 6. The average molecular weight is 432 g/mol. The smallest absolute Gasteiger partial charge is 0.312 e. The van der Waals surface area contributed by atoms with Crippen molar-refractivity contribution in [3.05, 3.63) is 52.6 Å². The number of amides is 3. The van der Waals surface area contributed by atoms with E-state index in [0.717, 1.165) is 28.9 Å². The minimum absolute atomic E-state index is 0.0628. The standard InChI is InChI=1S/C19H22BrN5O2/c20-14-5-3-4-13(10-14)16(24-19(21)27)11-18(26)23-15-6-7-17(22-12-15)25-8-1-2-9-25/h3-7,10,12,16H,1-2,8-9,11H2,(H,23,26)(H3,21,24,27)/t16-/m1/s1. The summed E-state index contributed by atoms with van der Waals surface area (Å²) in [6.07, 6.45) is 4.09. The highest BCUT2D eigenvalue weighted by Gasteiger charge is 2.18. The Balaban J connectivity index is 1.64. The molecule has 8 heteroatoms. The van der Waals surface area contributed by atoms with Crippen LogP contribution in [0.15, 0.2) is 47.1 Å². The molecule has 3 rings (SSSR count). The molecule has 2 aromatic rings. The molecule has 1 aromatic heterocycles. The molecule has 2 heterocycles. The number of anilines is 2. The molecule has 1 saturated heterocycles. The number of pyridine rings is 1. The number of hydrogen-bond acceptors (Lipinski definition) is 4. The second-order valence-electron chi connectivity index (χ2n) is 6.47. The lowest BCUT2D eigenvalue weighted by atomic mass is 10.0. The van der Waals surface area contributed by atoms with E-state index in [1.807, 2.05) is 36.4 Å². The van der Waals surface area contributed by atoms with Gasteiger partial charge in [0, 0.05) is 17.6 Å². The SMILES string of the molecule is NC(=O)N[C@H](CC(=O)Nc1ccc(N2CCCC2)nc1)c1cccc(Br)c1. The summed E-state index contributed by atoms with van der Waals surface area (Å²) in [6.45, 7) is 2.04. The topological polar surface area (TPSA) is 100 Å². The maximum atomic E-state index is 12.5. The molecule has 0 saturated carbocycles. The fourth-order valence-electron chi connectivity index (χ4n) is 3.14. The fourth-order valence-corrected chi connectivity index (χ4v) is 3.55. The van der Waals surface area contributed by atoms with Crippen LogP contribution in [0.4, 0.5) is 16.3 Å². The van der Waals surface area contributed by atoms with Crippen molar-refractivity contribution >= 4 is 39.4 Å². The van der Waals surface area contributed by atoms with E-state index in [1.54, 1.807) is 6.20 Å². The van der Waals surface area contributed by atoms with E-state index in [4.69, 9.17) is 5.73 Å². The molecule has 142 valence electrons. The molecule has 27 heavy (non-hydrogen) atoms. The number of aromatic nitrogens is 1. The zero-order chi connectivity index (χ0) is 19.2. The summed E-state index contributed by atoms with van der Waals surface area (Å²) in [4.78, 5) is 30.4. The number of carbonyl (C=O) groups excluding carboxylic acids is 2. The van der Waals surface area contributed by atoms with Crippen LogP contribution in [0.5, 0.6) is 0 Å². The number of hydrogen-bond donors (Lipinski definition) is 3. The van der Waals surface area contributed by atoms with Crippen LogP contribution >= 0.6 is 15.9 Å². The zero-order valence-corrected chi connectivity index (χ0v) is 16.4. The first kappa shape index (κ1) is 19.2. The van der Waals surface area contributed by atoms with Gasteiger partial charge in [0.15, 0.2) is 0 Å². The Kier molecular flexibility index (Phi) is 6.28. The molecule has 1 aliphatic heterocycles. The number of carbonyl (C=O) groups is 2. The normalized spacial score (nSPS) is 14.6. The third kappa shape index (κ3) is 5.43. The summed E-state index contributed by atoms with van der Waals surface area (Å²) in [6, 6.07) is 9.96. The molecule has 0 unspecified atom stereocenters. The number of nitrogens with one attached hydrogen (secondary N) is 2. The Morgan fingerprint density at radius 1 is 1.22 bits per heavy atom. The Morgan fingerprint density at radius 2 is 2.00 bits per heavy atom. The second-order valence-corrected chi connectivity index (χ2v) is 7.38. The lowest BCUT2D eigenvalue weighted by Gasteiger charge is -2.19. The van der Waals surface area contributed by atoms with Crippen LogP contribution in [-0.4, -0.2) is 30.0 Å². The predicted octanol–water partition coefficient (Wildman–Crippen LogP) is 3.18. The highest BCUT2D eigenvalue weighted by Crippen LogP contribution is 2.22. The van der Waals surface area contributed by atoms with Crippen LogP contribution in [0.1, 0.15) is 30.9 Å². The fraction of sp³-hybridized carbons (Fsp3) is 0.316. The quantitative estimate of drug-likeness (QED) is 0.653. The van der Waals surface area contributed by atoms with Gasteiger partial charge >= 0.3 is 6.03 Å². The summed E-state index contributed by atoms with van der Waals surface area (Å²) in [5.74, 6) is 0.692. The maximum Gasteiger partial charge on any atom is 0.312 e. The third-order valence-corrected chi connectivity index (χ3v) is 4.91. The molecule has 1 aromatic carbocycles. The Morgan fingerprint density at radius 3 is 2.63 bits per heavy atom. The van der Waals surface area contributed by atoms with Crippen LogP contribution < -0.4 is 21.3 Å². The highest BCUT2D eigenvalue weighted by atomic mass is 79.9. The summed E-state index contributed by atoms with van der Waals surface area (Å²) in [5.41, 5.74) is 6.68. The van der Waals surface area contributed by atoms with Gasteiger partial charge in [-0.25, -0.2) is 9.78 Å². The van der Waals surface area contributed by atoms with E-state index in [1.165, 1.54) is 12.8 Å². The van der Waals surface area contributed by atoms with Crippen molar-refractivity contribution in [1.29, 1.82) is 0 Å². The molecule has 0 bridgehead atoms. The van der Waals surface area contributed by atoms with Crippen molar-refractivity contribution in [2.24, 2.45) is 5.73 Å². The third-order valence-electron chi connectivity index (χ3n) is 4.42. The maximum absolute atomic E-state index is 12.5. The summed E-state index contributed by atoms with van der Waals surface area (Å²) < 4.78 is 0.860. The summed E-state index contributed by atoms with van der Waals surface area (Å²) in [5, 5.41) is 5.45. The van der Waals surface area contributed by atoms with Gasteiger partial charge in [0.25, 0.3) is 0 Å². The van der Waals surface area contributed by atoms with Gasteiger partial charge in [-0.05, 0) is 42.7 Å². The van der Waals surface area contributed by atoms with Crippen LogP contribution in [0.3, 0.4) is 0 Å². The average Bonchev–Trinajstić information content (AvgIpc) is 3.16. The van der Waals surface area contributed by atoms with E-state index >= 15 is 0 Å². The Hall–Kier alpha value is -2.61. The first-order valence-corrected chi connectivity index (χ1v) is 9.63. The minimum Gasteiger partial charge on any atom is -0.357 e. The molecule has 1 fully saturated rings. The van der Waals surface area contributed by atoms with Gasteiger partial charge in [0.2, 0.25) is 5.91 Å². The molecular formula is C19H22BrN5O2. The van der Waals surface area contributed by atoms with Crippen LogP contribution in [0, 0.1) is 0 Å². The zero-order valence-electron chi connectivity index (χ0n) is 14.8. The number of urea groups is 1. The van der Waals surface area contributed by atoms with Gasteiger partial charge in [-0.1, -0.05) is 28.1 Å². The summed E-state index contributed by atoms with van der Waals surface area (Å²) in [7, 11) is 0. The predicted molar refractivity (Wildman–Crippen MR) is 109 cm³/mol. The lowest BCUT2D eigenvalue weighted by Crippen LogP contribution is -2.35. The molecule has 3 amide bonds.